The van der Waals surface area contributed by atoms with Crippen LogP contribution in [0.3, 0.4) is 0 Å². The molecule has 0 bridgehead atoms. The van der Waals surface area contributed by atoms with Crippen LogP contribution in [0.2, 0.25) is 0 Å². The molecule has 3 nitrogen and oxygen atoms in total. The van der Waals surface area contributed by atoms with Crippen molar-refractivity contribution in [3.63, 3.8) is 0 Å². The summed E-state index contributed by atoms with van der Waals surface area (Å²) in [5.41, 5.74) is -0.103. The Balaban J connectivity index is 2.02. The van der Waals surface area contributed by atoms with Gasteiger partial charge >= 0.3 is 0 Å². The maximum absolute atomic E-state index is 5.10. The van der Waals surface area contributed by atoms with Crippen molar-refractivity contribution >= 4 is 11.8 Å². The Labute approximate surface area is 65.0 Å². The molecule has 0 aromatic rings. The summed E-state index contributed by atoms with van der Waals surface area (Å²) >= 11 is 1.67. The quantitative estimate of drug-likeness (QED) is 0.630. The zero-order chi connectivity index (χ0) is 7.23. The molecular weight excluding hydrogens is 152 g/mol. The first kappa shape index (κ1) is 8.33. The Morgan fingerprint density at radius 3 is 2.70 bits per heavy atom. The predicted molar refractivity (Wildman–Crippen MR) is 39.5 cm³/mol. The van der Waals surface area contributed by atoms with Crippen LogP contribution < -0.4 is 0 Å². The van der Waals surface area contributed by atoms with Crippen LogP contribution in [0.15, 0.2) is 0 Å². The number of thioether (sulfide) groups is 1. The summed E-state index contributed by atoms with van der Waals surface area (Å²) in [6.45, 7) is 2.86. The highest BCUT2D eigenvalue weighted by molar-refractivity contribution is 7.99. The van der Waals surface area contributed by atoms with Gasteiger partial charge in [-0.1, -0.05) is 6.92 Å². The molecule has 10 heavy (non-hydrogen) atoms. The predicted octanol–water partition coefficient (Wildman–Crippen LogP) is 1.39. The Morgan fingerprint density at radius 2 is 2.10 bits per heavy atom. The SMILES string of the molecule is CCCSC1OCOCO1. The summed E-state index contributed by atoms with van der Waals surface area (Å²) in [5.74, 6) is 1.07. The van der Waals surface area contributed by atoms with Gasteiger partial charge in [0.1, 0.15) is 0 Å². The third-order valence-electron chi connectivity index (χ3n) is 1.03. The third-order valence-corrected chi connectivity index (χ3v) is 2.22. The molecule has 1 heterocycles. The minimum absolute atomic E-state index is 0.103. The Hall–Kier alpha value is 0.230. The summed E-state index contributed by atoms with van der Waals surface area (Å²) in [6, 6.07) is 0. The molecule has 60 valence electrons. The molecule has 0 radical (unpaired) electrons. The van der Waals surface area contributed by atoms with E-state index in [-0.39, 0.29) is 5.62 Å². The Bertz CT molecular complexity index is 83.1. The van der Waals surface area contributed by atoms with Crippen LogP contribution in [-0.2, 0) is 14.2 Å². The molecule has 0 spiro atoms. The average Bonchev–Trinajstić information content (AvgIpc) is 2.03. The molecule has 1 saturated heterocycles. The highest BCUT2D eigenvalue weighted by Crippen LogP contribution is 2.17. The molecule has 0 unspecified atom stereocenters. The smallest absolute Gasteiger partial charge is 0.211 e. The first-order valence-electron chi connectivity index (χ1n) is 3.36. The van der Waals surface area contributed by atoms with Gasteiger partial charge in [0.05, 0.1) is 0 Å². The van der Waals surface area contributed by atoms with Crippen molar-refractivity contribution in [2.75, 3.05) is 19.3 Å². The molecule has 0 aromatic carbocycles. The van der Waals surface area contributed by atoms with E-state index in [1.165, 1.54) is 0 Å². The van der Waals surface area contributed by atoms with Crippen molar-refractivity contribution in [1.82, 2.24) is 0 Å². The molecular formula is C6H12O3S. The van der Waals surface area contributed by atoms with Gasteiger partial charge in [-0.3, -0.25) is 0 Å². The van der Waals surface area contributed by atoms with Gasteiger partial charge in [-0.15, -0.1) is 11.8 Å². The van der Waals surface area contributed by atoms with Gasteiger partial charge in [-0.2, -0.15) is 0 Å². The monoisotopic (exact) mass is 164 g/mol. The molecule has 0 amide bonds. The van der Waals surface area contributed by atoms with Crippen molar-refractivity contribution in [2.45, 2.75) is 19.0 Å². The minimum Gasteiger partial charge on any atom is -0.329 e. The molecule has 1 fully saturated rings. The van der Waals surface area contributed by atoms with Crippen LogP contribution in [0, 0.1) is 0 Å². The molecule has 0 N–H and O–H groups in total. The third kappa shape index (κ3) is 2.88. The zero-order valence-electron chi connectivity index (χ0n) is 6.04. The lowest BCUT2D eigenvalue weighted by Gasteiger charge is -2.22. The highest BCUT2D eigenvalue weighted by Gasteiger charge is 2.13. The largest absolute Gasteiger partial charge is 0.329 e. The highest BCUT2D eigenvalue weighted by atomic mass is 32.2. The molecule has 4 heteroatoms. The van der Waals surface area contributed by atoms with Crippen LogP contribution in [0.25, 0.3) is 0 Å². The second kappa shape index (κ2) is 4.96. The summed E-state index contributed by atoms with van der Waals surface area (Å²) in [6.07, 6.45) is 1.15. The van der Waals surface area contributed by atoms with Gasteiger partial charge in [0.25, 0.3) is 0 Å². The molecule has 1 aliphatic heterocycles. The number of ether oxygens (including phenoxy) is 3. The summed E-state index contributed by atoms with van der Waals surface area (Å²) in [5, 5.41) is 0. The van der Waals surface area contributed by atoms with E-state index in [9.17, 15) is 0 Å². The Kier molecular flexibility index (Phi) is 4.13. The average molecular weight is 164 g/mol. The van der Waals surface area contributed by atoms with Gasteiger partial charge in [-0.05, 0) is 12.2 Å². The van der Waals surface area contributed by atoms with Crippen LogP contribution in [0.4, 0.5) is 0 Å². The zero-order valence-corrected chi connectivity index (χ0v) is 6.86. The van der Waals surface area contributed by atoms with Gasteiger partial charge in [-0.25, -0.2) is 0 Å². The fourth-order valence-corrected chi connectivity index (χ4v) is 1.33. The van der Waals surface area contributed by atoms with Gasteiger partial charge in [0, 0.05) is 0 Å². The first-order valence-corrected chi connectivity index (χ1v) is 4.41. The topological polar surface area (TPSA) is 27.7 Å². The molecule has 1 rings (SSSR count). The second-order valence-electron chi connectivity index (χ2n) is 1.93. The van der Waals surface area contributed by atoms with E-state index in [0.29, 0.717) is 13.6 Å². The lowest BCUT2D eigenvalue weighted by atomic mass is 10.6. The van der Waals surface area contributed by atoms with Crippen LogP contribution >= 0.6 is 11.8 Å². The Morgan fingerprint density at radius 1 is 1.40 bits per heavy atom. The fourth-order valence-electron chi connectivity index (χ4n) is 0.600. The van der Waals surface area contributed by atoms with E-state index >= 15 is 0 Å². The van der Waals surface area contributed by atoms with E-state index < -0.39 is 0 Å². The second-order valence-corrected chi connectivity index (χ2v) is 3.06. The van der Waals surface area contributed by atoms with Crippen LogP contribution in [0.5, 0.6) is 0 Å². The van der Waals surface area contributed by atoms with Gasteiger partial charge < -0.3 is 14.2 Å². The normalized spacial score (nSPS) is 21.3. The van der Waals surface area contributed by atoms with Crippen LogP contribution in [0.1, 0.15) is 13.3 Å². The minimum atomic E-state index is -0.103. The lowest BCUT2D eigenvalue weighted by molar-refractivity contribution is -0.264. The van der Waals surface area contributed by atoms with Crippen molar-refractivity contribution in [2.24, 2.45) is 0 Å². The fraction of sp³-hybridized carbons (Fsp3) is 1.00. The molecule has 0 atom stereocenters. The van der Waals surface area contributed by atoms with E-state index in [1.54, 1.807) is 11.8 Å². The number of rotatable bonds is 3. The molecule has 0 aromatic heterocycles. The lowest BCUT2D eigenvalue weighted by Crippen LogP contribution is -2.23. The van der Waals surface area contributed by atoms with E-state index in [4.69, 9.17) is 14.2 Å². The summed E-state index contributed by atoms with van der Waals surface area (Å²) in [7, 11) is 0. The first-order chi connectivity index (χ1) is 4.93. The maximum atomic E-state index is 5.10. The van der Waals surface area contributed by atoms with Crippen molar-refractivity contribution in [3.8, 4) is 0 Å². The standard InChI is InChI=1S/C6H12O3S/c1-2-3-10-6-8-4-7-5-9-6/h6H,2-5H2,1H3. The van der Waals surface area contributed by atoms with Gasteiger partial charge in [0.2, 0.25) is 5.62 Å². The number of hydrogen-bond donors (Lipinski definition) is 0. The van der Waals surface area contributed by atoms with Crippen molar-refractivity contribution < 1.29 is 14.2 Å². The van der Waals surface area contributed by atoms with Crippen molar-refractivity contribution in [1.29, 1.82) is 0 Å². The molecule has 1 aliphatic rings. The summed E-state index contributed by atoms with van der Waals surface area (Å²) in [4.78, 5) is 0. The van der Waals surface area contributed by atoms with Crippen LogP contribution in [-0.4, -0.2) is 25.0 Å². The molecule has 0 aliphatic carbocycles. The van der Waals surface area contributed by atoms with Gasteiger partial charge in [0.15, 0.2) is 13.6 Å². The number of hydrogen-bond acceptors (Lipinski definition) is 4. The van der Waals surface area contributed by atoms with E-state index in [0.717, 1.165) is 12.2 Å². The van der Waals surface area contributed by atoms with E-state index in [1.807, 2.05) is 0 Å². The van der Waals surface area contributed by atoms with E-state index in [2.05, 4.69) is 6.92 Å². The summed E-state index contributed by atoms with van der Waals surface area (Å²) < 4.78 is 15.0. The molecule has 0 saturated carbocycles. The van der Waals surface area contributed by atoms with Crippen molar-refractivity contribution in [3.05, 3.63) is 0 Å². The maximum Gasteiger partial charge on any atom is 0.211 e.